The monoisotopic (exact) mass is 275 g/mol. The van der Waals surface area contributed by atoms with E-state index in [0.29, 0.717) is 19.5 Å². The molecule has 0 saturated carbocycles. The first kappa shape index (κ1) is 15.9. The van der Waals surface area contributed by atoms with Gasteiger partial charge < -0.3 is 9.64 Å². The van der Waals surface area contributed by atoms with E-state index in [2.05, 4.69) is 6.58 Å². The van der Waals surface area contributed by atoms with Gasteiger partial charge >= 0.3 is 6.09 Å². The van der Waals surface area contributed by atoms with Gasteiger partial charge in [0.1, 0.15) is 5.60 Å². The number of halogens is 2. The number of carbonyl (C=O) groups excluding carboxylic acids is 1. The fourth-order valence-corrected chi connectivity index (χ4v) is 2.21. The molecule has 1 aliphatic rings. The van der Waals surface area contributed by atoms with Crippen molar-refractivity contribution in [3.05, 3.63) is 12.7 Å². The predicted molar refractivity (Wildman–Crippen MR) is 70.3 cm³/mol. The molecule has 0 aromatic carbocycles. The molecular weight excluding hydrogens is 252 g/mol. The van der Waals surface area contributed by atoms with Crippen LogP contribution in [0.2, 0.25) is 0 Å². The smallest absolute Gasteiger partial charge is 0.410 e. The summed E-state index contributed by atoms with van der Waals surface area (Å²) in [5.41, 5.74) is -0.554. The second kappa shape index (κ2) is 5.88. The van der Waals surface area contributed by atoms with Crippen molar-refractivity contribution in [1.29, 1.82) is 0 Å². The molecule has 3 nitrogen and oxygen atoms in total. The maximum Gasteiger partial charge on any atom is 0.410 e. The molecule has 1 atom stereocenters. The van der Waals surface area contributed by atoms with E-state index in [4.69, 9.17) is 4.74 Å². The van der Waals surface area contributed by atoms with Gasteiger partial charge in [-0.25, -0.2) is 13.6 Å². The van der Waals surface area contributed by atoms with Crippen LogP contribution in [0, 0.1) is 5.92 Å². The zero-order valence-electron chi connectivity index (χ0n) is 11.9. The van der Waals surface area contributed by atoms with Gasteiger partial charge in [-0.1, -0.05) is 6.08 Å². The second-order valence-electron chi connectivity index (χ2n) is 6.13. The molecule has 0 radical (unpaired) electrons. The number of allylic oxidation sites excluding steroid dienone is 1. The molecule has 1 fully saturated rings. The van der Waals surface area contributed by atoms with Crippen LogP contribution < -0.4 is 0 Å². The van der Waals surface area contributed by atoms with Crippen molar-refractivity contribution in [3.63, 3.8) is 0 Å². The molecule has 1 rings (SSSR count). The molecule has 0 unspecified atom stereocenters. The Bertz CT molecular complexity index is 337. The first-order valence-corrected chi connectivity index (χ1v) is 6.59. The topological polar surface area (TPSA) is 29.5 Å². The predicted octanol–water partition coefficient (Wildman–Crippen LogP) is 3.84. The highest BCUT2D eigenvalue weighted by molar-refractivity contribution is 5.68. The molecular formula is C14H23F2NO2. The highest BCUT2D eigenvalue weighted by atomic mass is 19.3. The molecule has 19 heavy (non-hydrogen) atoms. The van der Waals surface area contributed by atoms with Crippen molar-refractivity contribution < 1.29 is 18.3 Å². The van der Waals surface area contributed by atoms with Crippen LogP contribution in [0.25, 0.3) is 0 Å². The highest BCUT2D eigenvalue weighted by Gasteiger charge is 2.36. The largest absolute Gasteiger partial charge is 0.444 e. The Kier molecular flexibility index (Phi) is 4.93. The first-order chi connectivity index (χ1) is 8.63. The van der Waals surface area contributed by atoms with Crippen LogP contribution in [-0.4, -0.2) is 35.6 Å². The summed E-state index contributed by atoms with van der Waals surface area (Å²) in [7, 11) is 0. The summed E-state index contributed by atoms with van der Waals surface area (Å²) in [6.07, 6.45) is 0.919. The van der Waals surface area contributed by atoms with Gasteiger partial charge in [-0.15, -0.1) is 6.58 Å². The van der Waals surface area contributed by atoms with Crippen molar-refractivity contribution in [3.8, 4) is 0 Å². The van der Waals surface area contributed by atoms with E-state index < -0.39 is 17.6 Å². The van der Waals surface area contributed by atoms with Crippen LogP contribution >= 0.6 is 0 Å². The number of carbonyl (C=O) groups is 1. The Labute approximate surface area is 113 Å². The van der Waals surface area contributed by atoms with Crippen LogP contribution in [0.1, 0.15) is 40.0 Å². The van der Waals surface area contributed by atoms with Crippen LogP contribution in [0.3, 0.4) is 0 Å². The molecule has 1 heterocycles. The van der Waals surface area contributed by atoms with Crippen LogP contribution in [0.4, 0.5) is 13.6 Å². The summed E-state index contributed by atoms with van der Waals surface area (Å²) < 4.78 is 32.2. The molecule has 1 saturated heterocycles. The minimum atomic E-state index is -2.73. The zero-order valence-corrected chi connectivity index (χ0v) is 11.9. The summed E-state index contributed by atoms with van der Waals surface area (Å²) >= 11 is 0. The normalized spacial score (nSPS) is 20.5. The van der Waals surface area contributed by atoms with Gasteiger partial charge in [0.2, 0.25) is 0 Å². The molecule has 0 aliphatic carbocycles. The maximum absolute atomic E-state index is 13.5. The number of hydrogen-bond donors (Lipinski definition) is 0. The van der Waals surface area contributed by atoms with Crippen LogP contribution in [0.15, 0.2) is 12.7 Å². The second-order valence-corrected chi connectivity index (χ2v) is 6.13. The van der Waals surface area contributed by atoms with E-state index in [0.717, 1.165) is 0 Å². The molecule has 1 amide bonds. The summed E-state index contributed by atoms with van der Waals surface area (Å²) in [5.74, 6) is -2.89. The average molecular weight is 275 g/mol. The lowest BCUT2D eigenvalue weighted by molar-refractivity contribution is -0.0197. The maximum atomic E-state index is 13.5. The molecule has 0 aromatic heterocycles. The third kappa shape index (κ3) is 5.57. The Hall–Kier alpha value is -1.13. The van der Waals surface area contributed by atoms with E-state index in [9.17, 15) is 13.6 Å². The number of ether oxygens (including phenoxy) is 1. The van der Waals surface area contributed by atoms with Crippen LogP contribution in [0.5, 0.6) is 0 Å². The minimum Gasteiger partial charge on any atom is -0.444 e. The van der Waals surface area contributed by atoms with E-state index >= 15 is 0 Å². The van der Waals surface area contributed by atoms with E-state index in [1.54, 1.807) is 20.8 Å². The molecule has 1 aliphatic heterocycles. The van der Waals surface area contributed by atoms with Gasteiger partial charge in [0.05, 0.1) is 0 Å². The fraction of sp³-hybridized carbons (Fsp3) is 0.786. The quantitative estimate of drug-likeness (QED) is 0.729. The number of likely N-dealkylation sites (tertiary alicyclic amines) is 1. The summed E-state index contributed by atoms with van der Waals surface area (Å²) in [6.45, 7) is 9.54. The summed E-state index contributed by atoms with van der Waals surface area (Å²) in [5, 5.41) is 0. The lowest BCUT2D eigenvalue weighted by atomic mass is 9.98. The Balaban J connectivity index is 2.45. The van der Waals surface area contributed by atoms with Gasteiger partial charge in [-0.2, -0.15) is 0 Å². The number of rotatable bonds is 4. The van der Waals surface area contributed by atoms with Crippen molar-refractivity contribution in [2.45, 2.75) is 51.6 Å². The van der Waals surface area contributed by atoms with E-state index in [-0.39, 0.29) is 18.8 Å². The van der Waals surface area contributed by atoms with Gasteiger partial charge in [-0.3, -0.25) is 0 Å². The van der Waals surface area contributed by atoms with Crippen molar-refractivity contribution in [1.82, 2.24) is 4.90 Å². The molecule has 0 aromatic rings. The number of alkyl halides is 2. The number of nitrogens with zero attached hydrogens (tertiary/aromatic N) is 1. The first-order valence-electron chi connectivity index (χ1n) is 6.59. The van der Waals surface area contributed by atoms with Gasteiger partial charge in [0.15, 0.2) is 0 Å². The highest BCUT2D eigenvalue weighted by Crippen LogP contribution is 2.32. The molecule has 5 heteroatoms. The third-order valence-corrected chi connectivity index (χ3v) is 2.97. The van der Waals surface area contributed by atoms with E-state index in [1.807, 2.05) is 0 Å². The van der Waals surface area contributed by atoms with Gasteiger partial charge in [0.25, 0.3) is 5.92 Å². The van der Waals surface area contributed by atoms with Gasteiger partial charge in [0, 0.05) is 25.9 Å². The standard InChI is InChI=1S/C14H23F2NO2/c1-5-7-14(15,16)9-11-6-8-17(10-11)12(18)19-13(2,3)4/h5,11H,1,6-10H2,2-4H3/t11-/m0/s1. The molecule has 0 bridgehead atoms. The fourth-order valence-electron chi connectivity index (χ4n) is 2.21. The van der Waals surface area contributed by atoms with Crippen LogP contribution in [-0.2, 0) is 4.74 Å². The van der Waals surface area contributed by atoms with E-state index in [1.165, 1.54) is 11.0 Å². The van der Waals surface area contributed by atoms with Crippen molar-refractivity contribution in [2.24, 2.45) is 5.92 Å². The van der Waals surface area contributed by atoms with Crippen molar-refractivity contribution in [2.75, 3.05) is 13.1 Å². The Morgan fingerprint density at radius 3 is 2.63 bits per heavy atom. The summed E-state index contributed by atoms with van der Waals surface area (Å²) in [4.78, 5) is 13.3. The SMILES string of the molecule is C=CCC(F)(F)C[C@@H]1CCN(C(=O)OC(C)(C)C)C1. The number of hydrogen-bond acceptors (Lipinski definition) is 2. The lowest BCUT2D eigenvalue weighted by Gasteiger charge is -2.25. The van der Waals surface area contributed by atoms with Crippen molar-refractivity contribution >= 4 is 6.09 Å². The molecule has 110 valence electrons. The van der Waals surface area contributed by atoms with Gasteiger partial charge in [-0.05, 0) is 33.1 Å². The zero-order chi connectivity index (χ0) is 14.7. The lowest BCUT2D eigenvalue weighted by Crippen LogP contribution is -2.35. The Morgan fingerprint density at radius 1 is 1.47 bits per heavy atom. The molecule has 0 spiro atoms. The average Bonchev–Trinajstić information content (AvgIpc) is 2.62. The summed E-state index contributed by atoms with van der Waals surface area (Å²) in [6, 6.07) is 0. The number of amides is 1. The third-order valence-electron chi connectivity index (χ3n) is 2.97. The Morgan fingerprint density at radius 2 is 2.11 bits per heavy atom. The minimum absolute atomic E-state index is 0.164. The molecule has 0 N–H and O–H groups in total.